The molecular weight excluding hydrogens is 676 g/mol. The average molecular weight is 747 g/mol. The predicted molar refractivity (Wildman–Crippen MR) is 194 cm³/mol. The topological polar surface area (TPSA) is 190 Å². The van der Waals surface area contributed by atoms with Gasteiger partial charge in [0.2, 0.25) is 0 Å². The Hall–Kier alpha value is -1.30. The summed E-state index contributed by atoms with van der Waals surface area (Å²) in [6.07, 6.45) is -8.14. The molecule has 0 amide bonds. The van der Waals surface area contributed by atoms with Crippen LogP contribution in [0.1, 0.15) is 94.9 Å². The second-order valence-electron chi connectivity index (χ2n) is 16.7. The van der Waals surface area contributed by atoms with Gasteiger partial charge in [-0.25, -0.2) is 0 Å². The van der Waals surface area contributed by atoms with Crippen LogP contribution in [-0.2, 0) is 38.0 Å². The summed E-state index contributed by atoms with van der Waals surface area (Å²) in [4.78, 5) is 16.1. The van der Waals surface area contributed by atoms with E-state index in [4.69, 9.17) is 38.6 Å². The van der Waals surface area contributed by atoms with E-state index < -0.39 is 102 Å². The van der Waals surface area contributed by atoms with Crippen molar-refractivity contribution in [3.63, 3.8) is 0 Å². The number of likely N-dealkylation sites (N-methyl/N-ethyl adjacent to an activating group) is 1. The summed E-state index contributed by atoms with van der Waals surface area (Å²) in [6, 6.07) is -0.263. The second-order valence-corrected chi connectivity index (χ2v) is 16.7. The number of aliphatic hydroxyl groups excluding tert-OH is 3. The van der Waals surface area contributed by atoms with Crippen molar-refractivity contribution in [1.82, 2.24) is 4.90 Å². The lowest BCUT2D eigenvalue weighted by Gasteiger charge is -2.50. The average Bonchev–Trinajstić information content (AvgIpc) is 3.09. The van der Waals surface area contributed by atoms with Gasteiger partial charge in [0.05, 0.1) is 47.6 Å². The Bertz CT molecular complexity index is 1190. The van der Waals surface area contributed by atoms with Crippen molar-refractivity contribution in [3.8, 4) is 0 Å². The molecule has 304 valence electrons. The van der Waals surface area contributed by atoms with Gasteiger partial charge in [0, 0.05) is 44.2 Å². The minimum atomic E-state index is -1.88. The summed E-state index contributed by atoms with van der Waals surface area (Å²) in [6.45, 7) is 17.5. The summed E-state index contributed by atoms with van der Waals surface area (Å²) in [5.74, 6) is -3.61. The van der Waals surface area contributed by atoms with Crippen LogP contribution in [0.15, 0.2) is 0 Å². The van der Waals surface area contributed by atoms with Crippen molar-refractivity contribution in [2.45, 2.75) is 179 Å². The molecule has 3 saturated heterocycles. The summed E-state index contributed by atoms with van der Waals surface area (Å²) in [5, 5.41) is 54.9. The van der Waals surface area contributed by atoms with Crippen molar-refractivity contribution >= 4 is 11.7 Å². The highest BCUT2D eigenvalue weighted by atomic mass is 16.7. The van der Waals surface area contributed by atoms with Crippen LogP contribution in [0.25, 0.3) is 0 Å². The highest BCUT2D eigenvalue weighted by molar-refractivity contribution is 5.86. The van der Waals surface area contributed by atoms with Crippen LogP contribution in [0, 0.1) is 29.1 Å². The zero-order valence-electron chi connectivity index (χ0n) is 34.0. The molecule has 3 aliphatic heterocycles. The van der Waals surface area contributed by atoms with Crippen LogP contribution in [0.2, 0.25) is 0 Å². The minimum absolute atomic E-state index is 0.143. The summed E-state index contributed by atoms with van der Waals surface area (Å²) >= 11 is 0. The van der Waals surface area contributed by atoms with Crippen molar-refractivity contribution in [2.24, 2.45) is 23.7 Å². The monoisotopic (exact) mass is 746 g/mol. The SMILES string of the molecule is CCC1OC(=O)[C@H](C)C(O[C@H]2C[C@@](C)(OC)[C@@H](O)[C@H](C)O2)[C@H](C)[C@@H](O[C@@H]2O[C@H](C)C[C@H](N(C)C)[C@H]2O)[C@](C)(OC)C[C@@H](C)C(=N)[C@H](C)[C@@H](O)[C@]1(C)O. The molecule has 14 heteroatoms. The molecule has 0 aromatic heterocycles. The Morgan fingerprint density at radius 3 is 2.02 bits per heavy atom. The molecule has 3 rings (SSSR count). The lowest BCUT2D eigenvalue weighted by atomic mass is 9.73. The van der Waals surface area contributed by atoms with Crippen molar-refractivity contribution in [3.05, 3.63) is 0 Å². The normalized spacial score (nSPS) is 49.0. The van der Waals surface area contributed by atoms with E-state index in [1.165, 1.54) is 14.0 Å². The molecule has 3 aliphatic rings. The Kier molecular flexibility index (Phi) is 15.3. The molecule has 2 unspecified atom stereocenters. The lowest BCUT2D eigenvalue weighted by molar-refractivity contribution is -0.319. The number of nitrogens with zero attached hydrogens (tertiary/aromatic N) is 1. The molecule has 0 aromatic carbocycles. The second kappa shape index (κ2) is 17.7. The number of hydrogen-bond acceptors (Lipinski definition) is 14. The van der Waals surface area contributed by atoms with Gasteiger partial charge in [0.25, 0.3) is 0 Å². The van der Waals surface area contributed by atoms with E-state index in [0.717, 1.165) is 0 Å². The highest BCUT2D eigenvalue weighted by Crippen LogP contribution is 2.41. The molecule has 18 atom stereocenters. The number of carbonyl (C=O) groups excluding carboxylic acids is 1. The molecule has 14 nitrogen and oxygen atoms in total. The number of esters is 1. The molecule has 0 saturated carbocycles. The third-order valence-corrected chi connectivity index (χ3v) is 12.4. The van der Waals surface area contributed by atoms with E-state index in [9.17, 15) is 25.2 Å². The van der Waals surface area contributed by atoms with E-state index >= 15 is 0 Å². The van der Waals surface area contributed by atoms with Gasteiger partial charge in [-0.2, -0.15) is 0 Å². The zero-order valence-corrected chi connectivity index (χ0v) is 34.0. The van der Waals surface area contributed by atoms with Gasteiger partial charge >= 0.3 is 5.97 Å². The first kappa shape index (κ1) is 45.1. The molecule has 5 N–H and O–H groups in total. The first-order chi connectivity index (χ1) is 24.0. The molecular formula is C38H70N2O12. The lowest BCUT2D eigenvalue weighted by Crippen LogP contribution is -2.61. The molecule has 3 fully saturated rings. The molecule has 0 spiro atoms. The van der Waals surface area contributed by atoms with Gasteiger partial charge < -0.3 is 63.9 Å². The Labute approximate surface area is 311 Å². The molecule has 0 radical (unpaired) electrons. The summed E-state index contributed by atoms with van der Waals surface area (Å²) < 4.78 is 44.1. The van der Waals surface area contributed by atoms with Gasteiger partial charge in [-0.15, -0.1) is 0 Å². The van der Waals surface area contributed by atoms with Crippen molar-refractivity contribution < 1.29 is 58.4 Å². The van der Waals surface area contributed by atoms with Crippen LogP contribution in [-0.4, -0.2) is 150 Å². The Balaban J connectivity index is 2.22. The van der Waals surface area contributed by atoms with Crippen LogP contribution < -0.4 is 0 Å². The van der Waals surface area contributed by atoms with Crippen LogP contribution >= 0.6 is 0 Å². The molecule has 0 aromatic rings. The quantitative estimate of drug-likeness (QED) is 0.228. The smallest absolute Gasteiger partial charge is 0.311 e. The number of nitrogens with one attached hydrogen (secondary N) is 1. The number of cyclic esters (lactones) is 1. The predicted octanol–water partition coefficient (Wildman–Crippen LogP) is 2.89. The van der Waals surface area contributed by atoms with Crippen LogP contribution in [0.3, 0.4) is 0 Å². The minimum Gasteiger partial charge on any atom is -0.459 e. The van der Waals surface area contributed by atoms with Gasteiger partial charge in [0.15, 0.2) is 12.6 Å². The third-order valence-electron chi connectivity index (χ3n) is 12.4. The number of methoxy groups -OCH3 is 2. The fourth-order valence-electron chi connectivity index (χ4n) is 8.61. The Morgan fingerprint density at radius 2 is 1.48 bits per heavy atom. The van der Waals surface area contributed by atoms with E-state index in [-0.39, 0.29) is 37.1 Å². The van der Waals surface area contributed by atoms with E-state index in [2.05, 4.69) is 0 Å². The van der Waals surface area contributed by atoms with Crippen LogP contribution in [0.4, 0.5) is 0 Å². The zero-order chi connectivity index (χ0) is 39.7. The van der Waals surface area contributed by atoms with Gasteiger partial charge in [-0.05, 0) is 80.8 Å². The van der Waals surface area contributed by atoms with Crippen molar-refractivity contribution in [1.29, 1.82) is 5.41 Å². The van der Waals surface area contributed by atoms with Gasteiger partial charge in [0.1, 0.15) is 23.9 Å². The first-order valence-corrected chi connectivity index (χ1v) is 18.9. The van der Waals surface area contributed by atoms with E-state index in [1.54, 1.807) is 41.7 Å². The molecule has 52 heavy (non-hydrogen) atoms. The maximum absolute atomic E-state index is 14.2. The maximum Gasteiger partial charge on any atom is 0.311 e. The number of carbonyl (C=O) groups is 1. The van der Waals surface area contributed by atoms with Crippen LogP contribution in [0.5, 0.6) is 0 Å². The fourth-order valence-corrected chi connectivity index (χ4v) is 8.61. The van der Waals surface area contributed by atoms with Gasteiger partial charge in [-0.1, -0.05) is 27.7 Å². The largest absolute Gasteiger partial charge is 0.459 e. The number of hydrogen-bond donors (Lipinski definition) is 5. The van der Waals surface area contributed by atoms with E-state index in [0.29, 0.717) is 6.42 Å². The summed E-state index contributed by atoms with van der Waals surface area (Å²) in [5.41, 5.74) is -3.89. The molecule has 3 heterocycles. The number of ether oxygens (including phenoxy) is 7. The van der Waals surface area contributed by atoms with E-state index in [1.807, 2.05) is 46.7 Å². The van der Waals surface area contributed by atoms with Gasteiger partial charge in [-0.3, -0.25) is 4.79 Å². The fraction of sp³-hybridized carbons (Fsp3) is 0.947. The molecule has 0 aliphatic carbocycles. The van der Waals surface area contributed by atoms with Crippen molar-refractivity contribution in [2.75, 3.05) is 28.3 Å². The first-order valence-electron chi connectivity index (χ1n) is 18.9. The number of rotatable bonds is 8. The number of aliphatic hydroxyl groups is 4. The molecule has 0 bridgehead atoms. The highest BCUT2D eigenvalue weighted by Gasteiger charge is 2.53. The Morgan fingerprint density at radius 1 is 0.885 bits per heavy atom. The standard InChI is InChI=1S/C38H70N2O12/c1-15-26-38(10,45)31(42)21(4)28(39)19(2)17-37(9,47-14)33(52-35-29(41)25(40(11)12)16-20(3)48-35)22(5)30(23(6)34(44)50-26)51-27-18-36(8,46-13)32(43)24(7)49-27/h19-27,29-33,35,39,41-43,45H,15-18H2,1-14H3/t19-,20-,21+,22+,23-,24+,25+,26?,27+,29-,30?,31-,32+,33-,35+,36-,37-,38-/m1/s1. The summed E-state index contributed by atoms with van der Waals surface area (Å²) in [7, 11) is 6.84. The third kappa shape index (κ3) is 9.38. The maximum atomic E-state index is 14.2.